The molecule has 0 amide bonds. The zero-order valence-corrected chi connectivity index (χ0v) is 11.0. The smallest absolute Gasteiger partial charge is 0.115 e. The third-order valence-corrected chi connectivity index (χ3v) is 3.67. The zero-order chi connectivity index (χ0) is 12.0. The second-order valence-corrected chi connectivity index (χ2v) is 5.01. The lowest BCUT2D eigenvalue weighted by Gasteiger charge is -2.30. The predicted octanol–water partition coefficient (Wildman–Crippen LogP) is 3.02. The highest BCUT2D eigenvalue weighted by atomic mass is 19.1. The van der Waals surface area contributed by atoms with Gasteiger partial charge in [-0.2, -0.15) is 0 Å². The van der Waals surface area contributed by atoms with E-state index in [-0.39, 0.29) is 5.54 Å². The maximum Gasteiger partial charge on any atom is 0.115 e. The van der Waals surface area contributed by atoms with Gasteiger partial charge in [-0.15, -0.1) is 0 Å². The molecule has 96 valence electrons. The average molecular weight is 231 g/mol. The molecule has 2 aliphatic rings. The summed E-state index contributed by atoms with van der Waals surface area (Å²) < 4.78 is 18.3. The molecule has 16 heavy (non-hydrogen) atoms. The van der Waals surface area contributed by atoms with Crippen molar-refractivity contribution in [3.63, 3.8) is 0 Å². The second-order valence-electron chi connectivity index (χ2n) is 5.01. The van der Waals surface area contributed by atoms with E-state index in [9.17, 15) is 4.39 Å². The van der Waals surface area contributed by atoms with Crippen molar-refractivity contribution >= 4 is 0 Å². The molecule has 2 aliphatic heterocycles. The molecule has 0 radical (unpaired) electrons. The van der Waals surface area contributed by atoms with Crippen LogP contribution in [0.15, 0.2) is 0 Å². The number of rotatable bonds is 3. The van der Waals surface area contributed by atoms with Crippen LogP contribution in [-0.4, -0.2) is 43.4 Å². The molecule has 0 aromatic rings. The number of hydrogen-bond acceptors (Lipinski definition) is 2. The van der Waals surface area contributed by atoms with E-state index in [1.165, 1.54) is 19.3 Å². The normalized spacial score (nSPS) is 33.4. The van der Waals surface area contributed by atoms with Crippen molar-refractivity contribution in [3.05, 3.63) is 0 Å². The molecule has 2 saturated heterocycles. The van der Waals surface area contributed by atoms with E-state index in [0.29, 0.717) is 19.6 Å². The Morgan fingerprint density at radius 3 is 2.62 bits per heavy atom. The van der Waals surface area contributed by atoms with Crippen LogP contribution < -0.4 is 0 Å². The first-order valence-corrected chi connectivity index (χ1v) is 6.56. The molecule has 0 unspecified atom stereocenters. The number of hydrogen-bond donors (Lipinski definition) is 0. The first kappa shape index (κ1) is 13.9. The highest BCUT2D eigenvalue weighted by Crippen LogP contribution is 2.39. The van der Waals surface area contributed by atoms with Crippen LogP contribution in [0.2, 0.25) is 0 Å². The third kappa shape index (κ3) is 3.17. The fraction of sp³-hybridized carbons (Fsp3) is 1.00. The molecule has 2 fully saturated rings. The van der Waals surface area contributed by atoms with Crippen molar-refractivity contribution in [1.29, 1.82) is 0 Å². The van der Waals surface area contributed by atoms with E-state index in [1.807, 2.05) is 0 Å². The van der Waals surface area contributed by atoms with Gasteiger partial charge >= 0.3 is 0 Å². The minimum atomic E-state index is -0.625. The van der Waals surface area contributed by atoms with Crippen molar-refractivity contribution < 1.29 is 9.13 Å². The molecular weight excluding hydrogens is 205 g/mol. The second kappa shape index (κ2) is 6.55. The summed E-state index contributed by atoms with van der Waals surface area (Å²) in [5.41, 5.74) is 0.0637. The van der Waals surface area contributed by atoms with Crippen LogP contribution in [0.3, 0.4) is 0 Å². The van der Waals surface area contributed by atoms with Crippen molar-refractivity contribution in [3.8, 4) is 0 Å². The Kier molecular flexibility index (Phi) is 5.70. The van der Waals surface area contributed by atoms with Gasteiger partial charge in [-0.25, -0.2) is 4.39 Å². The first-order chi connectivity index (χ1) is 7.68. The molecule has 2 atom stereocenters. The van der Waals surface area contributed by atoms with E-state index in [4.69, 9.17) is 4.74 Å². The minimum absolute atomic E-state index is 0.0637. The maximum absolute atomic E-state index is 13.1. The van der Waals surface area contributed by atoms with Crippen LogP contribution >= 0.6 is 0 Å². The summed E-state index contributed by atoms with van der Waals surface area (Å²) in [7, 11) is 1.71. The van der Waals surface area contributed by atoms with Crippen molar-refractivity contribution in [1.82, 2.24) is 4.90 Å². The Hall–Kier alpha value is -0.150. The SMILES string of the molecule is CCCC.COC[C@]12CCCN1C[C@@H](F)C2. The average Bonchev–Trinajstić information content (AvgIpc) is 2.74. The highest BCUT2D eigenvalue weighted by Gasteiger charge is 2.48. The number of nitrogens with zero attached hydrogens (tertiary/aromatic N) is 1. The van der Waals surface area contributed by atoms with E-state index in [0.717, 1.165) is 13.0 Å². The molecule has 0 saturated carbocycles. The van der Waals surface area contributed by atoms with Crippen LogP contribution in [-0.2, 0) is 4.74 Å². The molecule has 2 rings (SSSR count). The van der Waals surface area contributed by atoms with E-state index < -0.39 is 6.17 Å². The fourth-order valence-corrected chi connectivity index (χ4v) is 2.72. The highest BCUT2D eigenvalue weighted by molar-refractivity contribution is 5.03. The first-order valence-electron chi connectivity index (χ1n) is 6.56. The summed E-state index contributed by atoms with van der Waals surface area (Å²) in [4.78, 5) is 2.27. The molecule has 0 bridgehead atoms. The number of halogens is 1. The van der Waals surface area contributed by atoms with Gasteiger partial charge in [-0.05, 0) is 19.4 Å². The molecule has 2 nitrogen and oxygen atoms in total. The van der Waals surface area contributed by atoms with Crippen LogP contribution in [0.5, 0.6) is 0 Å². The van der Waals surface area contributed by atoms with Gasteiger partial charge < -0.3 is 4.74 Å². The fourth-order valence-electron chi connectivity index (χ4n) is 2.72. The van der Waals surface area contributed by atoms with Crippen LogP contribution in [0.1, 0.15) is 46.0 Å². The molecule has 3 heteroatoms. The molecule has 0 aliphatic carbocycles. The van der Waals surface area contributed by atoms with Crippen LogP contribution in [0.25, 0.3) is 0 Å². The Labute approximate surface area is 99.2 Å². The Morgan fingerprint density at radius 2 is 2.06 bits per heavy atom. The van der Waals surface area contributed by atoms with Crippen LogP contribution in [0, 0.1) is 0 Å². The van der Waals surface area contributed by atoms with E-state index >= 15 is 0 Å². The van der Waals surface area contributed by atoms with Gasteiger partial charge in [0.2, 0.25) is 0 Å². The summed E-state index contributed by atoms with van der Waals surface area (Å²) in [5, 5.41) is 0. The Morgan fingerprint density at radius 1 is 1.38 bits per heavy atom. The van der Waals surface area contributed by atoms with E-state index in [1.54, 1.807) is 7.11 Å². The summed E-state index contributed by atoms with van der Waals surface area (Å²) >= 11 is 0. The Bertz CT molecular complexity index is 198. The Balaban J connectivity index is 0.000000280. The zero-order valence-electron chi connectivity index (χ0n) is 11.0. The summed E-state index contributed by atoms with van der Waals surface area (Å²) in [6.07, 6.45) is 5.01. The number of unbranched alkanes of at least 4 members (excludes halogenated alkanes) is 1. The third-order valence-electron chi connectivity index (χ3n) is 3.67. The summed E-state index contributed by atoms with van der Waals surface area (Å²) in [6.45, 7) is 6.75. The van der Waals surface area contributed by atoms with Gasteiger partial charge in [-0.3, -0.25) is 4.90 Å². The molecule has 0 spiro atoms. The van der Waals surface area contributed by atoms with Gasteiger partial charge in [0.1, 0.15) is 6.17 Å². The van der Waals surface area contributed by atoms with Gasteiger partial charge in [0.15, 0.2) is 0 Å². The lowest BCUT2D eigenvalue weighted by molar-refractivity contribution is 0.0652. The number of ether oxygens (including phenoxy) is 1. The maximum atomic E-state index is 13.1. The number of methoxy groups -OCH3 is 1. The van der Waals surface area contributed by atoms with Gasteiger partial charge in [0.25, 0.3) is 0 Å². The molecule has 0 N–H and O–H groups in total. The van der Waals surface area contributed by atoms with Crippen molar-refractivity contribution in [2.75, 3.05) is 26.8 Å². The van der Waals surface area contributed by atoms with Crippen LogP contribution in [0.4, 0.5) is 4.39 Å². The van der Waals surface area contributed by atoms with Gasteiger partial charge in [0.05, 0.1) is 6.61 Å². The molecule has 0 aromatic carbocycles. The molecule has 0 aromatic heterocycles. The van der Waals surface area contributed by atoms with E-state index in [2.05, 4.69) is 18.7 Å². The van der Waals surface area contributed by atoms with Gasteiger partial charge in [-0.1, -0.05) is 26.7 Å². The monoisotopic (exact) mass is 231 g/mol. The number of alkyl halides is 1. The minimum Gasteiger partial charge on any atom is -0.383 e. The summed E-state index contributed by atoms with van der Waals surface area (Å²) in [5.74, 6) is 0. The lowest BCUT2D eigenvalue weighted by Crippen LogP contribution is -2.42. The number of fused-ring (bicyclic) bond motifs is 1. The standard InChI is InChI=1S/C9H16FNO.C4H10/c1-12-7-9-3-2-4-11(9)6-8(10)5-9;1-3-4-2/h8H,2-7H2,1H3;3-4H2,1-2H3/t8-,9+;/m0./s1. The quantitative estimate of drug-likeness (QED) is 0.740. The lowest BCUT2D eigenvalue weighted by atomic mass is 9.95. The topological polar surface area (TPSA) is 12.5 Å². The summed E-state index contributed by atoms with van der Waals surface area (Å²) in [6, 6.07) is 0. The van der Waals surface area contributed by atoms with Crippen molar-refractivity contribution in [2.45, 2.75) is 57.7 Å². The molecule has 2 heterocycles. The molecular formula is C13H26FNO. The van der Waals surface area contributed by atoms with Gasteiger partial charge in [0, 0.05) is 25.6 Å². The predicted molar refractivity (Wildman–Crippen MR) is 65.5 cm³/mol. The largest absolute Gasteiger partial charge is 0.383 e. The van der Waals surface area contributed by atoms with Crippen molar-refractivity contribution in [2.24, 2.45) is 0 Å².